The number of aromatic nitrogens is 1. The Bertz CT molecular complexity index is 689. The van der Waals surface area contributed by atoms with Crippen LogP contribution >= 0.6 is 11.3 Å². The van der Waals surface area contributed by atoms with E-state index in [1.165, 1.54) is 0 Å². The highest BCUT2D eigenvalue weighted by Crippen LogP contribution is 2.35. The molecule has 90 valence electrons. The molecule has 2 N–H and O–H groups in total. The number of rotatable bonds is 2. The van der Waals surface area contributed by atoms with Gasteiger partial charge in [-0.25, -0.2) is 4.98 Å². The minimum absolute atomic E-state index is 0.762. The number of nitrogens with zero attached hydrogens (tertiary/aromatic N) is 1. The second-order valence-electron chi connectivity index (χ2n) is 3.95. The van der Waals surface area contributed by atoms with Gasteiger partial charge in [-0.2, -0.15) is 0 Å². The maximum atomic E-state index is 5.69. The van der Waals surface area contributed by atoms with Gasteiger partial charge in [-0.15, -0.1) is 11.3 Å². The number of nitrogens with two attached hydrogens (primary N) is 1. The zero-order valence-electron chi connectivity index (χ0n) is 9.88. The summed E-state index contributed by atoms with van der Waals surface area (Å²) in [6.45, 7) is 0. The van der Waals surface area contributed by atoms with Gasteiger partial charge in [0.05, 0.1) is 17.3 Å². The number of methoxy groups -OCH3 is 1. The molecule has 0 saturated heterocycles. The first-order valence-electron chi connectivity index (χ1n) is 5.57. The number of hydrogen-bond donors (Lipinski definition) is 1. The number of thiazole rings is 1. The lowest BCUT2D eigenvalue weighted by atomic mass is 10.2. The van der Waals surface area contributed by atoms with Crippen LogP contribution < -0.4 is 10.5 Å². The summed E-state index contributed by atoms with van der Waals surface area (Å²) in [5, 5.41) is 0.981. The minimum atomic E-state index is 0.762. The maximum absolute atomic E-state index is 5.69. The van der Waals surface area contributed by atoms with Crippen molar-refractivity contribution in [1.82, 2.24) is 4.98 Å². The molecular weight excluding hydrogens is 244 g/mol. The van der Waals surface area contributed by atoms with Crippen LogP contribution in [-0.4, -0.2) is 12.1 Å². The van der Waals surface area contributed by atoms with Crippen molar-refractivity contribution < 1.29 is 4.74 Å². The van der Waals surface area contributed by atoms with Gasteiger partial charge in [0.25, 0.3) is 0 Å². The molecule has 1 aromatic heterocycles. The van der Waals surface area contributed by atoms with E-state index in [2.05, 4.69) is 4.98 Å². The van der Waals surface area contributed by atoms with E-state index in [0.29, 0.717) is 0 Å². The molecule has 0 aliphatic carbocycles. The Morgan fingerprint density at radius 1 is 1.11 bits per heavy atom. The first-order chi connectivity index (χ1) is 8.78. The lowest BCUT2D eigenvalue weighted by Gasteiger charge is -1.98. The fourth-order valence-electron chi connectivity index (χ4n) is 1.83. The number of fused-ring (bicyclic) bond motifs is 1. The van der Waals surface area contributed by atoms with Crippen LogP contribution in [-0.2, 0) is 0 Å². The van der Waals surface area contributed by atoms with Crippen LogP contribution in [0.3, 0.4) is 0 Å². The predicted molar refractivity (Wildman–Crippen MR) is 76.0 cm³/mol. The smallest absolute Gasteiger partial charge is 0.138 e. The molecule has 0 amide bonds. The van der Waals surface area contributed by atoms with Crippen LogP contribution in [0, 0.1) is 0 Å². The first-order valence-corrected chi connectivity index (χ1v) is 6.39. The SMILES string of the molecule is COc1cccc2nc(-c3ccc(N)cc3)sc12. The van der Waals surface area contributed by atoms with Crippen LogP contribution in [0.1, 0.15) is 0 Å². The van der Waals surface area contributed by atoms with Crippen LogP contribution in [0.4, 0.5) is 5.69 Å². The number of nitrogen functional groups attached to an aromatic ring is 1. The molecule has 3 aromatic rings. The quantitative estimate of drug-likeness (QED) is 0.713. The summed E-state index contributed by atoms with van der Waals surface area (Å²) in [5.74, 6) is 0.867. The molecule has 0 spiro atoms. The summed E-state index contributed by atoms with van der Waals surface area (Å²) in [4.78, 5) is 4.62. The Morgan fingerprint density at radius 3 is 2.61 bits per heavy atom. The standard InChI is InChI=1S/C14H12N2OS/c1-17-12-4-2-3-11-13(12)18-14(16-11)9-5-7-10(15)8-6-9/h2-8H,15H2,1H3. The van der Waals surface area contributed by atoms with Gasteiger partial charge in [-0.1, -0.05) is 6.07 Å². The molecule has 0 unspecified atom stereocenters. The van der Waals surface area contributed by atoms with E-state index < -0.39 is 0 Å². The van der Waals surface area contributed by atoms with Crippen molar-refractivity contribution in [3.63, 3.8) is 0 Å². The van der Waals surface area contributed by atoms with Crippen molar-refractivity contribution in [1.29, 1.82) is 0 Å². The third kappa shape index (κ3) is 1.80. The molecule has 3 rings (SSSR count). The van der Waals surface area contributed by atoms with Crippen LogP contribution in [0.15, 0.2) is 42.5 Å². The number of hydrogen-bond acceptors (Lipinski definition) is 4. The predicted octanol–water partition coefficient (Wildman–Crippen LogP) is 3.55. The zero-order valence-corrected chi connectivity index (χ0v) is 10.7. The van der Waals surface area contributed by atoms with Crippen molar-refractivity contribution in [3.05, 3.63) is 42.5 Å². The van der Waals surface area contributed by atoms with E-state index >= 15 is 0 Å². The first kappa shape index (κ1) is 11.0. The minimum Gasteiger partial charge on any atom is -0.495 e. The maximum Gasteiger partial charge on any atom is 0.138 e. The van der Waals surface area contributed by atoms with Crippen LogP contribution in [0.25, 0.3) is 20.8 Å². The monoisotopic (exact) mass is 256 g/mol. The molecule has 3 nitrogen and oxygen atoms in total. The third-order valence-electron chi connectivity index (χ3n) is 2.76. The Labute approximate surface area is 109 Å². The van der Waals surface area contributed by atoms with E-state index in [-0.39, 0.29) is 0 Å². The number of anilines is 1. The van der Waals surface area contributed by atoms with Gasteiger partial charge in [0.15, 0.2) is 0 Å². The Kier molecular flexibility index (Phi) is 2.64. The summed E-state index contributed by atoms with van der Waals surface area (Å²) in [6, 6.07) is 13.6. The summed E-state index contributed by atoms with van der Waals surface area (Å²) < 4.78 is 6.42. The lowest BCUT2D eigenvalue weighted by Crippen LogP contribution is -1.83. The molecule has 2 aromatic carbocycles. The highest BCUT2D eigenvalue weighted by molar-refractivity contribution is 7.22. The lowest BCUT2D eigenvalue weighted by molar-refractivity contribution is 0.420. The third-order valence-corrected chi connectivity index (χ3v) is 3.89. The van der Waals surface area contributed by atoms with Crippen molar-refractivity contribution in [2.75, 3.05) is 12.8 Å². The number of benzene rings is 2. The van der Waals surface area contributed by atoms with E-state index in [4.69, 9.17) is 10.5 Å². The van der Waals surface area contributed by atoms with Crippen LogP contribution in [0.2, 0.25) is 0 Å². The molecule has 18 heavy (non-hydrogen) atoms. The van der Waals surface area contributed by atoms with Gasteiger partial charge in [0.2, 0.25) is 0 Å². The summed E-state index contributed by atoms with van der Waals surface area (Å²) >= 11 is 1.63. The fourth-order valence-corrected chi connectivity index (χ4v) is 2.90. The normalized spacial score (nSPS) is 10.7. The molecule has 0 radical (unpaired) electrons. The van der Waals surface area contributed by atoms with Crippen molar-refractivity contribution in [2.24, 2.45) is 0 Å². The molecule has 0 aliphatic rings. The second-order valence-corrected chi connectivity index (χ2v) is 4.95. The van der Waals surface area contributed by atoms with Crippen molar-refractivity contribution in [3.8, 4) is 16.3 Å². The molecule has 0 fully saturated rings. The van der Waals surface area contributed by atoms with Gasteiger partial charge in [-0.3, -0.25) is 0 Å². The summed E-state index contributed by atoms with van der Waals surface area (Å²) in [7, 11) is 1.68. The molecule has 0 saturated carbocycles. The van der Waals surface area contributed by atoms with Crippen molar-refractivity contribution in [2.45, 2.75) is 0 Å². The molecular formula is C14H12N2OS. The highest BCUT2D eigenvalue weighted by Gasteiger charge is 2.09. The Balaban J connectivity index is 2.16. The van der Waals surface area contributed by atoms with E-state index in [9.17, 15) is 0 Å². The second kappa shape index (κ2) is 4.31. The fraction of sp³-hybridized carbons (Fsp3) is 0.0714. The summed E-state index contributed by atoms with van der Waals surface area (Å²) in [6.07, 6.45) is 0. The van der Waals surface area contributed by atoms with E-state index in [1.54, 1.807) is 18.4 Å². The average Bonchev–Trinajstić information content (AvgIpc) is 2.83. The molecule has 4 heteroatoms. The van der Waals surface area contributed by atoms with Crippen LogP contribution in [0.5, 0.6) is 5.75 Å². The topological polar surface area (TPSA) is 48.1 Å². The van der Waals surface area contributed by atoms with Gasteiger partial charge >= 0.3 is 0 Å². The Morgan fingerprint density at radius 2 is 1.89 bits per heavy atom. The highest BCUT2D eigenvalue weighted by atomic mass is 32.1. The number of ether oxygens (including phenoxy) is 1. The van der Waals surface area contributed by atoms with Gasteiger partial charge in [0.1, 0.15) is 10.8 Å². The molecule has 0 aliphatic heterocycles. The zero-order chi connectivity index (χ0) is 12.5. The van der Waals surface area contributed by atoms with Gasteiger partial charge < -0.3 is 10.5 Å². The average molecular weight is 256 g/mol. The van der Waals surface area contributed by atoms with Gasteiger partial charge in [-0.05, 0) is 36.4 Å². The molecule has 1 heterocycles. The van der Waals surface area contributed by atoms with Gasteiger partial charge in [0, 0.05) is 11.3 Å². The largest absolute Gasteiger partial charge is 0.495 e. The van der Waals surface area contributed by atoms with E-state index in [0.717, 1.165) is 32.2 Å². The van der Waals surface area contributed by atoms with E-state index in [1.807, 2.05) is 42.5 Å². The molecule has 0 bridgehead atoms. The Hall–Kier alpha value is -2.07. The summed E-state index contributed by atoms with van der Waals surface area (Å²) in [5.41, 5.74) is 8.49. The van der Waals surface area contributed by atoms with Crippen molar-refractivity contribution >= 4 is 27.2 Å². The molecule has 0 atom stereocenters.